The van der Waals surface area contributed by atoms with Gasteiger partial charge in [-0.2, -0.15) is 0 Å². The van der Waals surface area contributed by atoms with Crippen molar-refractivity contribution in [1.82, 2.24) is 9.80 Å². The van der Waals surface area contributed by atoms with Crippen LogP contribution in [0.4, 0.5) is 8.78 Å². The van der Waals surface area contributed by atoms with E-state index in [-0.39, 0.29) is 18.6 Å². The molecule has 2 unspecified atom stereocenters. The maximum absolute atomic E-state index is 13.4. The van der Waals surface area contributed by atoms with Crippen LogP contribution in [0.2, 0.25) is 0 Å². The number of aliphatic hydroxyl groups excluding tert-OH is 1. The highest BCUT2D eigenvalue weighted by atomic mass is 19.2. The third-order valence-electron chi connectivity index (χ3n) is 6.54. The molecule has 3 rings (SSSR count). The van der Waals surface area contributed by atoms with Crippen molar-refractivity contribution in [3.05, 3.63) is 41.5 Å². The molecule has 0 saturated carbocycles. The monoisotopic (exact) mass is 420 g/mol. The van der Waals surface area contributed by atoms with Crippen molar-refractivity contribution in [2.75, 3.05) is 32.8 Å². The summed E-state index contributed by atoms with van der Waals surface area (Å²) in [5.74, 6) is -1.52. The van der Waals surface area contributed by atoms with Crippen LogP contribution in [-0.4, -0.2) is 59.6 Å². The molecule has 166 valence electrons. The fraction of sp³-hybridized carbons (Fsp3) is 0.625. The number of hydrogen-bond acceptors (Lipinski definition) is 3. The van der Waals surface area contributed by atoms with E-state index in [9.17, 15) is 18.7 Å². The number of likely N-dealkylation sites (tertiary alicyclic amines) is 2. The molecule has 2 saturated heterocycles. The normalized spacial score (nSPS) is 23.0. The highest BCUT2D eigenvalue weighted by molar-refractivity contribution is 5.91. The van der Waals surface area contributed by atoms with Gasteiger partial charge in [0.25, 0.3) is 0 Å². The molecular formula is C24H34F2N2O2. The van der Waals surface area contributed by atoms with E-state index in [0.717, 1.165) is 50.9 Å². The zero-order chi connectivity index (χ0) is 21.3. The van der Waals surface area contributed by atoms with Gasteiger partial charge >= 0.3 is 0 Å². The van der Waals surface area contributed by atoms with Crippen molar-refractivity contribution in [3.8, 4) is 0 Å². The molecule has 0 radical (unpaired) electrons. The number of aliphatic hydroxyl groups is 1. The number of rotatable bonds is 5. The summed E-state index contributed by atoms with van der Waals surface area (Å²) in [6.07, 6.45) is 11.9. The third kappa shape index (κ3) is 6.35. The molecule has 1 N–H and O–H groups in total. The Labute approximate surface area is 178 Å². The first-order chi connectivity index (χ1) is 14.6. The predicted octanol–water partition coefficient (Wildman–Crippen LogP) is 4.23. The van der Waals surface area contributed by atoms with Crippen LogP contribution in [0.15, 0.2) is 24.3 Å². The second-order valence-electron chi connectivity index (χ2n) is 8.58. The predicted molar refractivity (Wildman–Crippen MR) is 115 cm³/mol. The maximum Gasteiger partial charge on any atom is 0.246 e. The Morgan fingerprint density at radius 1 is 1.00 bits per heavy atom. The van der Waals surface area contributed by atoms with E-state index in [4.69, 9.17) is 0 Å². The van der Waals surface area contributed by atoms with Crippen molar-refractivity contribution in [2.45, 2.75) is 57.4 Å². The molecule has 30 heavy (non-hydrogen) atoms. The van der Waals surface area contributed by atoms with E-state index in [0.29, 0.717) is 24.6 Å². The van der Waals surface area contributed by atoms with Crippen molar-refractivity contribution < 1.29 is 18.7 Å². The van der Waals surface area contributed by atoms with Crippen LogP contribution < -0.4 is 0 Å². The van der Waals surface area contributed by atoms with Crippen LogP contribution in [0.25, 0.3) is 6.08 Å². The first kappa shape index (κ1) is 22.9. The minimum Gasteiger partial charge on any atom is -0.395 e. The van der Waals surface area contributed by atoms with Crippen molar-refractivity contribution >= 4 is 12.0 Å². The van der Waals surface area contributed by atoms with Gasteiger partial charge in [0.2, 0.25) is 5.91 Å². The smallest absolute Gasteiger partial charge is 0.246 e. The topological polar surface area (TPSA) is 43.8 Å². The molecule has 0 bridgehead atoms. The fourth-order valence-corrected chi connectivity index (χ4v) is 4.77. The molecule has 2 fully saturated rings. The zero-order valence-electron chi connectivity index (χ0n) is 17.7. The summed E-state index contributed by atoms with van der Waals surface area (Å²) in [5.41, 5.74) is 0.466. The van der Waals surface area contributed by atoms with Gasteiger partial charge in [-0.15, -0.1) is 0 Å². The van der Waals surface area contributed by atoms with Gasteiger partial charge < -0.3 is 10.0 Å². The Kier molecular flexibility index (Phi) is 8.82. The quantitative estimate of drug-likeness (QED) is 0.725. The number of amides is 1. The molecule has 2 atom stereocenters. The number of nitrogens with zero attached hydrogens (tertiary/aromatic N) is 2. The van der Waals surface area contributed by atoms with E-state index < -0.39 is 11.6 Å². The number of carbonyl (C=O) groups excluding carboxylic acids is 1. The van der Waals surface area contributed by atoms with Gasteiger partial charge in [-0.1, -0.05) is 25.3 Å². The first-order valence-corrected chi connectivity index (χ1v) is 11.4. The zero-order valence-corrected chi connectivity index (χ0v) is 17.7. The molecule has 0 aliphatic carbocycles. The summed E-state index contributed by atoms with van der Waals surface area (Å²) in [5, 5.41) is 10.1. The highest BCUT2D eigenvalue weighted by Crippen LogP contribution is 2.26. The number of benzene rings is 1. The fourth-order valence-electron chi connectivity index (χ4n) is 4.77. The van der Waals surface area contributed by atoms with Crippen LogP contribution in [0.1, 0.15) is 56.9 Å². The van der Waals surface area contributed by atoms with Gasteiger partial charge in [-0.3, -0.25) is 9.69 Å². The summed E-state index contributed by atoms with van der Waals surface area (Å²) < 4.78 is 26.4. The van der Waals surface area contributed by atoms with Gasteiger partial charge in [-0.25, -0.2) is 8.78 Å². The summed E-state index contributed by atoms with van der Waals surface area (Å²) >= 11 is 0. The van der Waals surface area contributed by atoms with E-state index >= 15 is 0 Å². The summed E-state index contributed by atoms with van der Waals surface area (Å²) in [6.45, 7) is 3.66. The lowest BCUT2D eigenvalue weighted by molar-refractivity contribution is -0.126. The number of halogens is 2. The van der Waals surface area contributed by atoms with Crippen LogP contribution in [0.3, 0.4) is 0 Å². The van der Waals surface area contributed by atoms with Gasteiger partial charge in [0.15, 0.2) is 11.6 Å². The molecule has 2 heterocycles. The molecule has 0 aromatic heterocycles. The summed E-state index contributed by atoms with van der Waals surface area (Å²) in [6, 6.07) is 3.79. The Morgan fingerprint density at radius 2 is 1.73 bits per heavy atom. The van der Waals surface area contributed by atoms with Crippen molar-refractivity contribution in [2.24, 2.45) is 5.92 Å². The van der Waals surface area contributed by atoms with E-state index in [1.165, 1.54) is 43.9 Å². The van der Waals surface area contributed by atoms with Gasteiger partial charge in [-0.05, 0) is 74.9 Å². The van der Waals surface area contributed by atoms with Crippen molar-refractivity contribution in [1.29, 1.82) is 0 Å². The molecule has 6 heteroatoms. The van der Waals surface area contributed by atoms with Crippen LogP contribution in [0.5, 0.6) is 0 Å². The van der Waals surface area contributed by atoms with E-state index in [2.05, 4.69) is 4.90 Å². The minimum atomic E-state index is -0.915. The number of carbonyl (C=O) groups is 1. The Hall–Kier alpha value is -1.79. The largest absolute Gasteiger partial charge is 0.395 e. The molecule has 4 nitrogen and oxygen atoms in total. The molecule has 2 aliphatic rings. The Morgan fingerprint density at radius 3 is 2.43 bits per heavy atom. The average Bonchev–Trinajstić information content (AvgIpc) is 3.00. The van der Waals surface area contributed by atoms with Gasteiger partial charge in [0.1, 0.15) is 0 Å². The summed E-state index contributed by atoms with van der Waals surface area (Å²) in [7, 11) is 0. The lowest BCUT2D eigenvalue weighted by Gasteiger charge is -2.38. The van der Waals surface area contributed by atoms with Crippen molar-refractivity contribution in [3.63, 3.8) is 0 Å². The van der Waals surface area contributed by atoms with E-state index in [1.807, 2.05) is 4.90 Å². The van der Waals surface area contributed by atoms with E-state index in [1.54, 1.807) is 0 Å². The van der Waals surface area contributed by atoms with Gasteiger partial charge in [0, 0.05) is 25.2 Å². The Bertz CT molecular complexity index is 717. The first-order valence-electron chi connectivity index (χ1n) is 11.4. The standard InChI is InChI=1S/C24H34F2N2O2/c25-21-10-8-19(17-22(21)26)9-11-24(30)28-15-6-3-7-20(12-16-28)23(18-29)27-13-4-1-2-5-14-27/h8-11,17,20,23,29H,1-7,12-16,18H2/b11-9+. The molecule has 2 aliphatic heterocycles. The lowest BCUT2D eigenvalue weighted by atomic mass is 9.88. The third-order valence-corrected chi connectivity index (χ3v) is 6.54. The Balaban J connectivity index is 1.60. The number of hydrogen-bond donors (Lipinski definition) is 1. The lowest BCUT2D eigenvalue weighted by Crippen LogP contribution is -2.46. The van der Waals surface area contributed by atoms with Crippen LogP contribution in [-0.2, 0) is 4.79 Å². The molecule has 1 amide bonds. The highest BCUT2D eigenvalue weighted by Gasteiger charge is 2.29. The van der Waals surface area contributed by atoms with Crippen LogP contribution >= 0.6 is 0 Å². The second-order valence-corrected chi connectivity index (χ2v) is 8.58. The molecule has 0 spiro atoms. The molecule has 1 aromatic rings. The SMILES string of the molecule is O=C(/C=C/c1ccc(F)c(F)c1)N1CCCCC(C(CO)N2CCCCCC2)CC1. The molecular weight excluding hydrogens is 386 g/mol. The second kappa shape index (κ2) is 11.6. The average molecular weight is 421 g/mol. The van der Waals surface area contributed by atoms with Crippen LogP contribution in [0, 0.1) is 17.6 Å². The summed E-state index contributed by atoms with van der Waals surface area (Å²) in [4.78, 5) is 17.0. The maximum atomic E-state index is 13.4. The van der Waals surface area contributed by atoms with Gasteiger partial charge in [0.05, 0.1) is 6.61 Å². The molecule has 1 aromatic carbocycles. The minimum absolute atomic E-state index is 0.101.